The van der Waals surface area contributed by atoms with Crippen molar-refractivity contribution in [2.75, 3.05) is 13.1 Å². The minimum absolute atomic E-state index is 0.0702. The summed E-state index contributed by atoms with van der Waals surface area (Å²) in [6.07, 6.45) is -4.75. The summed E-state index contributed by atoms with van der Waals surface area (Å²) >= 11 is 0.994. The lowest BCUT2D eigenvalue weighted by atomic mass is 10.1. The third-order valence-corrected chi connectivity index (χ3v) is 4.34. The van der Waals surface area contributed by atoms with Gasteiger partial charge >= 0.3 is 12.1 Å². The van der Waals surface area contributed by atoms with E-state index in [1.54, 1.807) is 6.07 Å². The first-order chi connectivity index (χ1) is 10.7. The predicted octanol–water partition coefficient (Wildman–Crippen LogP) is 1.47. The van der Waals surface area contributed by atoms with E-state index in [1.807, 2.05) is 0 Å². The molecule has 2 amide bonds. The molecule has 2 rings (SSSR count). The van der Waals surface area contributed by atoms with Gasteiger partial charge in [0.1, 0.15) is 11.4 Å². The highest BCUT2D eigenvalue weighted by molar-refractivity contribution is 7.13. The van der Waals surface area contributed by atoms with Gasteiger partial charge in [0.2, 0.25) is 11.8 Å². The molecule has 10 heteroatoms. The summed E-state index contributed by atoms with van der Waals surface area (Å²) in [5, 5.41) is 11.3. The van der Waals surface area contributed by atoms with Crippen molar-refractivity contribution in [2.24, 2.45) is 5.92 Å². The number of thiophene rings is 1. The number of aromatic carboxylic acids is 1. The SMILES string of the molecule is O=C(O)c1ccc(CNC(=O)C2CC(=O)N(CC(F)(F)F)C2)s1. The monoisotopic (exact) mass is 350 g/mol. The van der Waals surface area contributed by atoms with Gasteiger partial charge in [-0.3, -0.25) is 9.59 Å². The molecule has 1 atom stereocenters. The van der Waals surface area contributed by atoms with Crippen LogP contribution >= 0.6 is 11.3 Å². The third-order valence-electron chi connectivity index (χ3n) is 3.26. The fraction of sp³-hybridized carbons (Fsp3) is 0.462. The van der Waals surface area contributed by atoms with Crippen LogP contribution in [-0.4, -0.2) is 47.1 Å². The zero-order valence-corrected chi connectivity index (χ0v) is 12.5. The number of nitrogens with one attached hydrogen (secondary N) is 1. The first-order valence-corrected chi connectivity index (χ1v) is 7.41. The van der Waals surface area contributed by atoms with Gasteiger partial charge in [-0.25, -0.2) is 4.79 Å². The second-order valence-corrected chi connectivity index (χ2v) is 6.25. The van der Waals surface area contributed by atoms with Crippen molar-refractivity contribution in [1.29, 1.82) is 0 Å². The Morgan fingerprint density at radius 3 is 2.65 bits per heavy atom. The summed E-state index contributed by atoms with van der Waals surface area (Å²) in [4.78, 5) is 35.5. The first kappa shape index (κ1) is 17.3. The summed E-state index contributed by atoms with van der Waals surface area (Å²) in [5.74, 6) is -3.12. The van der Waals surface area contributed by atoms with Gasteiger partial charge in [0.15, 0.2) is 0 Å². The van der Waals surface area contributed by atoms with Crippen molar-refractivity contribution in [3.05, 3.63) is 21.9 Å². The maximum atomic E-state index is 12.3. The Balaban J connectivity index is 1.86. The molecule has 2 heterocycles. The number of carbonyl (C=O) groups excluding carboxylic acids is 2. The molecule has 0 saturated carbocycles. The van der Waals surface area contributed by atoms with E-state index in [9.17, 15) is 27.6 Å². The van der Waals surface area contributed by atoms with Gasteiger partial charge < -0.3 is 15.3 Å². The van der Waals surface area contributed by atoms with Gasteiger partial charge in [-0.2, -0.15) is 13.2 Å². The van der Waals surface area contributed by atoms with Crippen molar-refractivity contribution in [2.45, 2.75) is 19.1 Å². The van der Waals surface area contributed by atoms with Crippen molar-refractivity contribution < 1.29 is 32.7 Å². The van der Waals surface area contributed by atoms with E-state index < -0.39 is 36.4 Å². The first-order valence-electron chi connectivity index (χ1n) is 6.60. The number of nitrogens with zero attached hydrogens (tertiary/aromatic N) is 1. The molecule has 1 aliphatic heterocycles. The van der Waals surface area contributed by atoms with Crippen molar-refractivity contribution in [3.63, 3.8) is 0 Å². The van der Waals surface area contributed by atoms with E-state index in [-0.39, 0.29) is 24.4 Å². The highest BCUT2D eigenvalue weighted by Gasteiger charge is 2.40. The van der Waals surface area contributed by atoms with E-state index in [4.69, 9.17) is 5.11 Å². The average Bonchev–Trinajstić information content (AvgIpc) is 3.02. The quantitative estimate of drug-likeness (QED) is 0.842. The average molecular weight is 350 g/mol. The van der Waals surface area contributed by atoms with Crippen LogP contribution in [0.2, 0.25) is 0 Å². The molecule has 1 aromatic heterocycles. The predicted molar refractivity (Wildman–Crippen MR) is 73.9 cm³/mol. The number of rotatable bonds is 5. The van der Waals surface area contributed by atoms with E-state index in [0.29, 0.717) is 9.78 Å². The molecule has 1 saturated heterocycles. The molecule has 1 unspecified atom stereocenters. The summed E-state index contributed by atoms with van der Waals surface area (Å²) in [7, 11) is 0. The highest BCUT2D eigenvalue weighted by atomic mass is 32.1. The molecule has 6 nitrogen and oxygen atoms in total. The van der Waals surface area contributed by atoms with Crippen LogP contribution < -0.4 is 5.32 Å². The Morgan fingerprint density at radius 1 is 1.39 bits per heavy atom. The third kappa shape index (κ3) is 4.68. The standard InChI is InChI=1S/C13H13F3N2O4S/c14-13(15,16)6-18-5-7(3-10(18)19)11(20)17-4-8-1-2-9(23-8)12(21)22/h1-2,7H,3-6H2,(H,17,20)(H,21,22). The number of amides is 2. The molecule has 0 aromatic carbocycles. The largest absolute Gasteiger partial charge is 0.477 e. The number of hydrogen-bond donors (Lipinski definition) is 2. The summed E-state index contributed by atoms with van der Waals surface area (Å²) in [5.41, 5.74) is 0. The Bertz CT molecular complexity index is 629. The lowest BCUT2D eigenvalue weighted by molar-refractivity contribution is -0.157. The molecular formula is C13H13F3N2O4S. The van der Waals surface area contributed by atoms with Crippen LogP contribution in [0.4, 0.5) is 13.2 Å². The molecule has 0 spiro atoms. The minimum Gasteiger partial charge on any atom is -0.477 e. The Hall–Kier alpha value is -2.10. The van der Waals surface area contributed by atoms with Crippen molar-refractivity contribution >= 4 is 29.1 Å². The Labute approximate surface area is 132 Å². The topological polar surface area (TPSA) is 86.7 Å². The minimum atomic E-state index is -4.49. The summed E-state index contributed by atoms with van der Waals surface area (Å²) in [6.45, 7) is -1.56. The highest BCUT2D eigenvalue weighted by Crippen LogP contribution is 2.24. The van der Waals surface area contributed by atoms with Gasteiger partial charge in [0, 0.05) is 17.8 Å². The van der Waals surface area contributed by atoms with E-state index in [0.717, 1.165) is 11.3 Å². The van der Waals surface area contributed by atoms with Crippen LogP contribution in [0.3, 0.4) is 0 Å². The second kappa shape index (κ2) is 6.57. The molecule has 0 aliphatic carbocycles. The molecular weight excluding hydrogens is 337 g/mol. The maximum absolute atomic E-state index is 12.3. The number of carbonyl (C=O) groups is 3. The Morgan fingerprint density at radius 2 is 2.09 bits per heavy atom. The van der Waals surface area contributed by atoms with E-state index in [1.165, 1.54) is 6.07 Å². The van der Waals surface area contributed by atoms with Gasteiger partial charge in [-0.05, 0) is 12.1 Å². The number of carboxylic acids is 1. The van der Waals surface area contributed by atoms with Gasteiger partial charge in [-0.15, -0.1) is 11.3 Å². The molecule has 0 bridgehead atoms. The maximum Gasteiger partial charge on any atom is 0.406 e. The number of likely N-dealkylation sites (tertiary alicyclic amines) is 1. The van der Waals surface area contributed by atoms with Crippen molar-refractivity contribution in [3.8, 4) is 0 Å². The smallest absolute Gasteiger partial charge is 0.406 e. The fourth-order valence-electron chi connectivity index (χ4n) is 2.22. The van der Waals surface area contributed by atoms with Crippen LogP contribution in [0.5, 0.6) is 0 Å². The number of carboxylic acid groups (broad SMARTS) is 1. The molecule has 1 fully saturated rings. The molecule has 2 N–H and O–H groups in total. The molecule has 126 valence electrons. The van der Waals surface area contributed by atoms with Gasteiger partial charge in [0.05, 0.1) is 12.5 Å². The fourth-order valence-corrected chi connectivity index (χ4v) is 3.01. The van der Waals surface area contributed by atoms with E-state index >= 15 is 0 Å². The summed E-state index contributed by atoms with van der Waals surface area (Å²) < 4.78 is 36.9. The molecule has 1 aliphatic rings. The normalized spacial score (nSPS) is 18.3. The lowest BCUT2D eigenvalue weighted by Gasteiger charge is -2.18. The van der Waals surface area contributed by atoms with Crippen LogP contribution in [-0.2, 0) is 16.1 Å². The number of hydrogen-bond acceptors (Lipinski definition) is 4. The molecule has 1 aromatic rings. The lowest BCUT2D eigenvalue weighted by Crippen LogP contribution is -2.37. The second-order valence-electron chi connectivity index (χ2n) is 5.08. The number of halogens is 3. The van der Waals surface area contributed by atoms with Crippen molar-refractivity contribution in [1.82, 2.24) is 10.2 Å². The summed E-state index contributed by atoms with van der Waals surface area (Å²) in [6, 6.07) is 2.95. The van der Waals surface area contributed by atoms with Crippen LogP contribution in [0.15, 0.2) is 12.1 Å². The molecule has 23 heavy (non-hydrogen) atoms. The van der Waals surface area contributed by atoms with Crippen LogP contribution in [0, 0.1) is 5.92 Å². The molecule has 0 radical (unpaired) electrons. The number of alkyl halides is 3. The zero-order chi connectivity index (χ0) is 17.2. The van der Waals surface area contributed by atoms with E-state index in [2.05, 4.69) is 5.32 Å². The van der Waals surface area contributed by atoms with Crippen LogP contribution in [0.25, 0.3) is 0 Å². The van der Waals surface area contributed by atoms with Gasteiger partial charge in [0.25, 0.3) is 0 Å². The zero-order valence-electron chi connectivity index (χ0n) is 11.7. The Kier molecular flexibility index (Phi) is 4.93. The van der Waals surface area contributed by atoms with Gasteiger partial charge in [-0.1, -0.05) is 0 Å². The van der Waals surface area contributed by atoms with Crippen LogP contribution in [0.1, 0.15) is 21.0 Å².